The summed E-state index contributed by atoms with van der Waals surface area (Å²) in [6, 6.07) is 21.7. The molecular formula is C24H17ClFN3. The van der Waals surface area contributed by atoms with Crippen LogP contribution >= 0.6 is 11.6 Å². The van der Waals surface area contributed by atoms with Crippen LogP contribution in [0.15, 0.2) is 72.9 Å². The van der Waals surface area contributed by atoms with Gasteiger partial charge in [0.2, 0.25) is 0 Å². The lowest BCUT2D eigenvalue weighted by atomic mass is 9.96. The molecule has 0 aliphatic carbocycles. The average Bonchev–Trinajstić information content (AvgIpc) is 2.76. The first kappa shape index (κ1) is 18.9. The molecule has 0 saturated heterocycles. The first-order chi connectivity index (χ1) is 14.1. The topological polar surface area (TPSA) is 48.7 Å². The van der Waals surface area contributed by atoms with E-state index in [1.165, 1.54) is 6.07 Å². The molecule has 0 radical (unpaired) electrons. The Balaban J connectivity index is 1.75. The Morgan fingerprint density at radius 1 is 1.07 bits per heavy atom. The summed E-state index contributed by atoms with van der Waals surface area (Å²) in [4.78, 5) is 4.34. The number of rotatable bonds is 4. The monoisotopic (exact) mass is 401 g/mol. The first-order valence-corrected chi connectivity index (χ1v) is 9.55. The molecule has 1 aromatic heterocycles. The zero-order valence-electron chi connectivity index (χ0n) is 15.7. The van der Waals surface area contributed by atoms with Gasteiger partial charge in [-0.1, -0.05) is 54.1 Å². The summed E-state index contributed by atoms with van der Waals surface area (Å²) in [7, 11) is 0. The number of hydrogen-bond donors (Lipinski definition) is 1. The molecule has 29 heavy (non-hydrogen) atoms. The van der Waals surface area contributed by atoms with Crippen molar-refractivity contribution in [2.24, 2.45) is 0 Å². The van der Waals surface area contributed by atoms with E-state index in [9.17, 15) is 9.65 Å². The Morgan fingerprint density at radius 3 is 2.66 bits per heavy atom. The minimum absolute atomic E-state index is 0.322. The molecule has 0 bridgehead atoms. The van der Waals surface area contributed by atoms with Crippen molar-refractivity contribution in [2.45, 2.75) is 13.0 Å². The second kappa shape index (κ2) is 7.90. The molecule has 0 fully saturated rings. The van der Waals surface area contributed by atoms with Crippen LogP contribution in [0.4, 0.5) is 10.1 Å². The summed E-state index contributed by atoms with van der Waals surface area (Å²) in [5.41, 5.74) is 4.13. The minimum atomic E-state index is -0.354. The molecule has 1 N–H and O–H groups in total. The molecule has 0 amide bonds. The van der Waals surface area contributed by atoms with Gasteiger partial charge in [0.05, 0.1) is 33.9 Å². The Morgan fingerprint density at radius 2 is 1.83 bits per heavy atom. The van der Waals surface area contributed by atoms with E-state index in [4.69, 9.17) is 11.6 Å². The van der Waals surface area contributed by atoms with E-state index in [1.54, 1.807) is 24.4 Å². The van der Waals surface area contributed by atoms with Crippen molar-refractivity contribution < 1.29 is 4.39 Å². The van der Waals surface area contributed by atoms with Gasteiger partial charge in [0.1, 0.15) is 5.82 Å². The van der Waals surface area contributed by atoms with Crippen LogP contribution in [0.5, 0.6) is 0 Å². The van der Waals surface area contributed by atoms with Gasteiger partial charge < -0.3 is 5.32 Å². The number of para-hydroxylation sites is 1. The van der Waals surface area contributed by atoms with E-state index < -0.39 is 0 Å². The van der Waals surface area contributed by atoms with Gasteiger partial charge in [0.15, 0.2) is 0 Å². The van der Waals surface area contributed by atoms with Crippen molar-refractivity contribution in [2.75, 3.05) is 5.32 Å². The number of fused-ring (bicyclic) bond motifs is 1. The van der Waals surface area contributed by atoms with Crippen LogP contribution in [-0.4, -0.2) is 4.98 Å². The van der Waals surface area contributed by atoms with Gasteiger partial charge in [-0.25, -0.2) is 4.39 Å². The smallest absolute Gasteiger partial charge is 0.128 e. The molecule has 1 heterocycles. The highest BCUT2D eigenvalue weighted by Crippen LogP contribution is 2.34. The molecular weight excluding hydrogens is 385 g/mol. The maximum atomic E-state index is 14.7. The third-order valence-corrected chi connectivity index (χ3v) is 5.20. The Bertz CT molecular complexity index is 1250. The number of anilines is 1. The maximum Gasteiger partial charge on any atom is 0.128 e. The predicted octanol–water partition coefficient (Wildman–Crippen LogP) is 6.74. The lowest BCUT2D eigenvalue weighted by molar-refractivity contribution is 0.600. The van der Waals surface area contributed by atoms with Gasteiger partial charge in [-0.05, 0) is 42.3 Å². The molecule has 0 saturated carbocycles. The minimum Gasteiger partial charge on any atom is -0.377 e. The number of nitrogens with zero attached hydrogens (tertiary/aromatic N) is 2. The molecule has 0 spiro atoms. The molecule has 1 unspecified atom stereocenters. The summed E-state index contributed by atoms with van der Waals surface area (Å²) in [6.45, 7) is 1.88. The van der Waals surface area contributed by atoms with Crippen molar-refractivity contribution in [1.82, 2.24) is 4.98 Å². The lowest BCUT2D eigenvalue weighted by Gasteiger charge is -2.20. The highest BCUT2D eigenvalue weighted by Gasteiger charge is 2.16. The number of benzene rings is 3. The van der Waals surface area contributed by atoms with E-state index in [0.717, 1.165) is 22.0 Å². The highest BCUT2D eigenvalue weighted by molar-refractivity contribution is 6.34. The van der Waals surface area contributed by atoms with Gasteiger partial charge in [-0.3, -0.25) is 4.98 Å². The van der Waals surface area contributed by atoms with Crippen LogP contribution in [0.3, 0.4) is 0 Å². The molecule has 0 aliphatic rings. The van der Waals surface area contributed by atoms with Crippen molar-refractivity contribution >= 4 is 28.2 Å². The fraction of sp³-hybridized carbons (Fsp3) is 0.0833. The lowest BCUT2D eigenvalue weighted by Crippen LogP contribution is -2.10. The van der Waals surface area contributed by atoms with E-state index in [1.807, 2.05) is 49.4 Å². The largest absolute Gasteiger partial charge is 0.377 e. The Labute approximate surface area is 173 Å². The van der Waals surface area contributed by atoms with Gasteiger partial charge in [0.25, 0.3) is 0 Å². The van der Waals surface area contributed by atoms with Crippen molar-refractivity contribution in [3.8, 4) is 17.2 Å². The zero-order chi connectivity index (χ0) is 20.4. The normalized spacial score (nSPS) is 11.8. The highest BCUT2D eigenvalue weighted by atomic mass is 35.5. The third kappa shape index (κ3) is 3.65. The van der Waals surface area contributed by atoms with E-state index in [2.05, 4.69) is 16.4 Å². The van der Waals surface area contributed by atoms with Gasteiger partial charge in [0, 0.05) is 17.1 Å². The van der Waals surface area contributed by atoms with Gasteiger partial charge in [-0.15, -0.1) is 0 Å². The Kier molecular flexibility index (Phi) is 5.16. The quantitative estimate of drug-likeness (QED) is 0.412. The molecule has 1 atom stereocenters. The second-order valence-corrected chi connectivity index (χ2v) is 7.17. The summed E-state index contributed by atoms with van der Waals surface area (Å²) in [6.07, 6.45) is 1.59. The van der Waals surface area contributed by atoms with Crippen LogP contribution < -0.4 is 5.32 Å². The number of nitriles is 1. The van der Waals surface area contributed by atoms with Crippen LogP contribution in [0.25, 0.3) is 22.0 Å². The first-order valence-electron chi connectivity index (χ1n) is 9.17. The molecule has 4 aromatic rings. The Hall–Kier alpha value is -3.42. The predicted molar refractivity (Wildman–Crippen MR) is 115 cm³/mol. The number of aromatic nitrogens is 1. The molecule has 5 heteroatoms. The fourth-order valence-corrected chi connectivity index (χ4v) is 3.64. The number of nitrogens with one attached hydrogen (secondary N) is 1. The van der Waals surface area contributed by atoms with E-state index in [0.29, 0.717) is 21.8 Å². The number of halogens is 2. The van der Waals surface area contributed by atoms with E-state index >= 15 is 0 Å². The summed E-state index contributed by atoms with van der Waals surface area (Å²) < 4.78 is 14.7. The van der Waals surface area contributed by atoms with Crippen molar-refractivity contribution in [3.05, 3.63) is 94.9 Å². The number of hydrogen-bond acceptors (Lipinski definition) is 3. The molecule has 142 valence electrons. The van der Waals surface area contributed by atoms with Gasteiger partial charge >= 0.3 is 0 Å². The van der Waals surface area contributed by atoms with Crippen molar-refractivity contribution in [3.63, 3.8) is 0 Å². The van der Waals surface area contributed by atoms with Crippen LogP contribution in [0.2, 0.25) is 5.02 Å². The maximum absolute atomic E-state index is 14.7. The fourth-order valence-electron chi connectivity index (χ4n) is 3.43. The van der Waals surface area contributed by atoms with Crippen LogP contribution in [0, 0.1) is 17.1 Å². The molecule has 0 aliphatic heterocycles. The zero-order valence-corrected chi connectivity index (χ0v) is 16.4. The molecule has 4 rings (SSSR count). The SMILES string of the molecule is CC(Nc1c(Cl)cnc2ccccc12)c1cc(-c2ccccc2C#N)ccc1F. The summed E-state index contributed by atoms with van der Waals surface area (Å²) >= 11 is 6.39. The third-order valence-electron chi connectivity index (χ3n) is 4.91. The van der Waals surface area contributed by atoms with Gasteiger partial charge in [-0.2, -0.15) is 5.26 Å². The van der Waals surface area contributed by atoms with Crippen LogP contribution in [-0.2, 0) is 0 Å². The van der Waals surface area contributed by atoms with Crippen LogP contribution in [0.1, 0.15) is 24.1 Å². The molecule has 3 nitrogen and oxygen atoms in total. The standard InChI is InChI=1S/C24H17ClFN3/c1-15(29-24-19-8-4-5-9-23(19)28-14-21(24)25)20-12-16(10-11-22(20)26)18-7-3-2-6-17(18)13-27/h2-12,14-15H,1H3,(H,28,29). The summed E-state index contributed by atoms with van der Waals surface area (Å²) in [5.74, 6) is -0.322. The van der Waals surface area contributed by atoms with Crippen molar-refractivity contribution in [1.29, 1.82) is 5.26 Å². The van der Waals surface area contributed by atoms with E-state index in [-0.39, 0.29) is 11.9 Å². The second-order valence-electron chi connectivity index (χ2n) is 6.76. The number of pyridine rings is 1. The average molecular weight is 402 g/mol. The summed E-state index contributed by atoms with van der Waals surface area (Å²) in [5, 5.41) is 14.1. The molecule has 3 aromatic carbocycles.